The number of hydrogen-bond donors (Lipinski definition) is 0. The first-order valence-corrected chi connectivity index (χ1v) is 11.2. The molecule has 160 valence electrons. The second-order valence-electron chi connectivity index (χ2n) is 8.40. The minimum absolute atomic E-state index is 0.505. The topological polar surface area (TPSA) is 70.1 Å². The van der Waals surface area contributed by atoms with E-state index in [9.17, 15) is 5.26 Å². The molecule has 0 N–H and O–H groups in total. The van der Waals surface area contributed by atoms with Crippen molar-refractivity contribution in [1.82, 2.24) is 19.6 Å². The van der Waals surface area contributed by atoms with Crippen molar-refractivity contribution in [2.24, 2.45) is 0 Å². The van der Waals surface area contributed by atoms with Gasteiger partial charge in [0.1, 0.15) is 12.1 Å². The van der Waals surface area contributed by atoms with E-state index in [4.69, 9.17) is 16.6 Å². The van der Waals surface area contributed by atoms with Gasteiger partial charge in [-0.3, -0.25) is 4.40 Å². The van der Waals surface area contributed by atoms with E-state index in [-0.39, 0.29) is 0 Å². The Labute approximate surface area is 195 Å². The molecule has 33 heavy (non-hydrogen) atoms. The zero-order valence-corrected chi connectivity index (χ0v) is 18.7. The Morgan fingerprint density at radius 1 is 1.09 bits per heavy atom. The van der Waals surface area contributed by atoms with Crippen LogP contribution in [0, 0.1) is 11.3 Å². The third kappa shape index (κ3) is 3.38. The van der Waals surface area contributed by atoms with Crippen molar-refractivity contribution in [2.75, 3.05) is 11.9 Å². The van der Waals surface area contributed by atoms with Crippen molar-refractivity contribution in [3.05, 3.63) is 83.1 Å². The van der Waals surface area contributed by atoms with Crippen LogP contribution in [-0.2, 0) is 0 Å². The van der Waals surface area contributed by atoms with E-state index in [1.807, 2.05) is 58.8 Å². The van der Waals surface area contributed by atoms with E-state index in [2.05, 4.69) is 34.5 Å². The van der Waals surface area contributed by atoms with Crippen LogP contribution in [0.3, 0.4) is 0 Å². The highest BCUT2D eigenvalue weighted by Crippen LogP contribution is 2.41. The number of fused-ring (bicyclic) bond motifs is 3. The highest BCUT2D eigenvalue weighted by Gasteiger charge is 2.24. The fraction of sp³-hybridized carbons (Fsp3) is 0.154. The molecule has 0 unspecified atom stereocenters. The molecule has 2 heterocycles. The van der Waals surface area contributed by atoms with E-state index in [0.717, 1.165) is 33.5 Å². The monoisotopic (exact) mass is 450 g/mol. The maximum Gasteiger partial charge on any atom is 0.257 e. The average Bonchev–Trinajstić information content (AvgIpc) is 3.59. The number of hydrogen-bond acceptors (Lipinski definition) is 5. The van der Waals surface area contributed by atoms with Crippen molar-refractivity contribution < 1.29 is 0 Å². The van der Waals surface area contributed by atoms with Crippen LogP contribution in [0.1, 0.15) is 29.9 Å². The Morgan fingerprint density at radius 2 is 1.97 bits per heavy atom. The molecule has 7 heteroatoms. The van der Waals surface area contributed by atoms with Gasteiger partial charge in [0.2, 0.25) is 0 Å². The highest BCUT2D eigenvalue weighted by atomic mass is 35.5. The van der Waals surface area contributed by atoms with Gasteiger partial charge in [0.05, 0.1) is 17.1 Å². The molecular weight excluding hydrogens is 432 g/mol. The Bertz CT molecular complexity index is 1580. The van der Waals surface area contributed by atoms with Gasteiger partial charge in [0.15, 0.2) is 0 Å². The number of nitriles is 1. The molecule has 0 radical (unpaired) electrons. The van der Waals surface area contributed by atoms with Gasteiger partial charge < -0.3 is 4.90 Å². The molecule has 3 aromatic carbocycles. The van der Waals surface area contributed by atoms with Crippen LogP contribution < -0.4 is 4.90 Å². The molecule has 1 aliphatic rings. The second kappa shape index (κ2) is 7.58. The number of nitrogens with zero attached hydrogens (tertiary/aromatic N) is 6. The first-order valence-electron chi connectivity index (χ1n) is 10.8. The summed E-state index contributed by atoms with van der Waals surface area (Å²) < 4.78 is 1.83. The van der Waals surface area contributed by atoms with E-state index < -0.39 is 0 Å². The Hall–Kier alpha value is -3.95. The molecule has 1 aliphatic carbocycles. The summed E-state index contributed by atoms with van der Waals surface area (Å²) in [5.41, 5.74) is 5.75. The van der Waals surface area contributed by atoms with Gasteiger partial charge in [-0.05, 0) is 71.8 Å². The first-order chi connectivity index (χ1) is 16.1. The van der Waals surface area contributed by atoms with Crippen molar-refractivity contribution in [3.8, 4) is 17.2 Å². The van der Waals surface area contributed by atoms with Crippen LogP contribution in [0.4, 0.5) is 11.5 Å². The lowest BCUT2D eigenvalue weighted by Gasteiger charge is -2.21. The molecule has 2 aromatic heterocycles. The zero-order valence-electron chi connectivity index (χ0n) is 17.9. The van der Waals surface area contributed by atoms with Crippen molar-refractivity contribution >= 4 is 39.8 Å². The van der Waals surface area contributed by atoms with Crippen molar-refractivity contribution in [3.63, 3.8) is 0 Å². The molecule has 0 spiro atoms. The van der Waals surface area contributed by atoms with Crippen molar-refractivity contribution in [2.45, 2.75) is 18.8 Å². The summed E-state index contributed by atoms with van der Waals surface area (Å²) in [4.78, 5) is 6.79. The fourth-order valence-electron chi connectivity index (χ4n) is 4.36. The van der Waals surface area contributed by atoms with Gasteiger partial charge in [-0.25, -0.2) is 0 Å². The molecule has 0 amide bonds. The lowest BCUT2D eigenvalue weighted by Crippen LogP contribution is -2.13. The summed E-state index contributed by atoms with van der Waals surface area (Å²) >= 11 is 6.27. The minimum atomic E-state index is 0.505. The van der Waals surface area contributed by atoms with E-state index in [1.54, 1.807) is 6.33 Å². The van der Waals surface area contributed by atoms with E-state index in [0.29, 0.717) is 22.3 Å². The minimum Gasteiger partial charge on any atom is -0.329 e. The Morgan fingerprint density at radius 3 is 2.79 bits per heavy atom. The molecule has 1 saturated carbocycles. The number of anilines is 2. The molecule has 1 fully saturated rings. The molecule has 0 bridgehead atoms. The normalized spacial score (nSPS) is 13.4. The average molecular weight is 451 g/mol. The van der Waals surface area contributed by atoms with Gasteiger partial charge in [-0.15, -0.1) is 10.2 Å². The lowest BCUT2D eigenvalue weighted by atomic mass is 9.96. The van der Waals surface area contributed by atoms with Gasteiger partial charge in [-0.1, -0.05) is 35.9 Å². The largest absolute Gasteiger partial charge is 0.329 e. The third-order valence-corrected chi connectivity index (χ3v) is 6.51. The summed E-state index contributed by atoms with van der Waals surface area (Å²) in [6.45, 7) is 0. The van der Waals surface area contributed by atoms with E-state index in [1.165, 1.54) is 18.4 Å². The standard InChI is InChI=1S/C26H19ClN6/c1-32(25-23-10-8-20(27)13-24(23)33-15-29-31-26(33)30-25)21-4-2-3-18(12-21)22-9-7-17(16-5-6-16)11-19(22)14-28/h2-4,7-13,15-16H,5-6H2,1H3. The van der Waals surface area contributed by atoms with Gasteiger partial charge in [0.25, 0.3) is 5.78 Å². The maximum absolute atomic E-state index is 9.79. The fourth-order valence-corrected chi connectivity index (χ4v) is 4.53. The smallest absolute Gasteiger partial charge is 0.257 e. The summed E-state index contributed by atoms with van der Waals surface area (Å²) in [6, 6.07) is 22.5. The lowest BCUT2D eigenvalue weighted by molar-refractivity contribution is 1.08. The van der Waals surface area contributed by atoms with Crippen LogP contribution in [0.5, 0.6) is 0 Å². The predicted molar refractivity (Wildman–Crippen MR) is 130 cm³/mol. The summed E-state index contributed by atoms with van der Waals surface area (Å²) in [5, 5.41) is 19.5. The Kier molecular flexibility index (Phi) is 4.53. The molecule has 0 atom stereocenters. The van der Waals surface area contributed by atoms with Crippen molar-refractivity contribution in [1.29, 1.82) is 5.26 Å². The predicted octanol–water partition coefficient (Wildman–Crippen LogP) is 6.11. The third-order valence-electron chi connectivity index (χ3n) is 6.27. The zero-order chi connectivity index (χ0) is 22.5. The van der Waals surface area contributed by atoms with E-state index >= 15 is 0 Å². The molecular formula is C26H19ClN6. The molecule has 5 aromatic rings. The number of benzene rings is 3. The summed E-state index contributed by atoms with van der Waals surface area (Å²) in [7, 11) is 1.98. The number of aromatic nitrogens is 4. The van der Waals surface area contributed by atoms with Crippen LogP contribution in [0.2, 0.25) is 5.02 Å². The number of rotatable bonds is 4. The van der Waals surface area contributed by atoms with Crippen LogP contribution in [-0.4, -0.2) is 26.6 Å². The van der Waals surface area contributed by atoms with Gasteiger partial charge in [-0.2, -0.15) is 10.2 Å². The molecule has 6 rings (SSSR count). The Balaban J connectivity index is 1.46. The summed E-state index contributed by atoms with van der Waals surface area (Å²) in [6.07, 6.45) is 4.07. The number of halogens is 1. The maximum atomic E-state index is 9.79. The van der Waals surface area contributed by atoms with Crippen LogP contribution >= 0.6 is 11.6 Å². The van der Waals surface area contributed by atoms with Crippen LogP contribution in [0.25, 0.3) is 27.8 Å². The molecule has 6 nitrogen and oxygen atoms in total. The van der Waals surface area contributed by atoms with Gasteiger partial charge >= 0.3 is 0 Å². The quantitative estimate of drug-likeness (QED) is 0.330. The highest BCUT2D eigenvalue weighted by molar-refractivity contribution is 6.31. The SMILES string of the molecule is CN(c1cccc(-c2ccc(C3CC3)cc2C#N)c1)c1nc2nncn2c2cc(Cl)ccc12. The summed E-state index contributed by atoms with van der Waals surface area (Å²) in [5.74, 6) is 1.87. The van der Waals surface area contributed by atoms with Crippen LogP contribution in [0.15, 0.2) is 67.0 Å². The van der Waals surface area contributed by atoms with Gasteiger partial charge in [0, 0.05) is 23.1 Å². The second-order valence-corrected chi connectivity index (χ2v) is 8.83. The first kappa shape index (κ1) is 19.7. The molecule has 0 aliphatic heterocycles. The molecule has 0 saturated heterocycles.